The van der Waals surface area contributed by atoms with E-state index in [0.29, 0.717) is 0 Å². The molecule has 0 aromatic carbocycles. The molecule has 4 nitrogen and oxygen atoms in total. The summed E-state index contributed by atoms with van der Waals surface area (Å²) < 4.78 is 0. The Balaban J connectivity index is 1.56. The zero-order valence-electron chi connectivity index (χ0n) is 11.7. The van der Waals surface area contributed by atoms with E-state index in [2.05, 4.69) is 9.80 Å². The van der Waals surface area contributed by atoms with Crippen molar-refractivity contribution < 1.29 is 4.79 Å². The Morgan fingerprint density at radius 2 is 1.39 bits per heavy atom. The summed E-state index contributed by atoms with van der Waals surface area (Å²) in [5.74, 6) is 0.225. The summed E-state index contributed by atoms with van der Waals surface area (Å²) in [6.45, 7) is 10.7. The van der Waals surface area contributed by atoms with Crippen LogP contribution >= 0.6 is 0 Å². The number of amides is 1. The number of carbonyl (C=O) groups excluding carboxylic acids is 1. The van der Waals surface area contributed by atoms with Crippen LogP contribution in [0.3, 0.4) is 0 Å². The van der Waals surface area contributed by atoms with Crippen molar-refractivity contribution in [3.8, 4) is 0 Å². The first-order valence-electron chi connectivity index (χ1n) is 7.46. The molecule has 18 heavy (non-hydrogen) atoms. The molecule has 2 fully saturated rings. The summed E-state index contributed by atoms with van der Waals surface area (Å²) >= 11 is 0. The van der Waals surface area contributed by atoms with Gasteiger partial charge in [0.1, 0.15) is 0 Å². The monoisotopic (exact) mass is 253 g/mol. The minimum Gasteiger partial charge on any atom is -0.340 e. The molecule has 4 heteroatoms. The first kappa shape index (κ1) is 13.8. The van der Waals surface area contributed by atoms with E-state index < -0.39 is 0 Å². The van der Waals surface area contributed by atoms with Crippen LogP contribution in [-0.4, -0.2) is 73.0 Å². The Hall–Kier alpha value is -0.610. The van der Waals surface area contributed by atoms with E-state index in [1.165, 1.54) is 51.9 Å². The molecule has 2 rings (SSSR count). The fourth-order valence-electron chi connectivity index (χ4n) is 2.99. The van der Waals surface area contributed by atoms with Gasteiger partial charge >= 0.3 is 0 Å². The largest absolute Gasteiger partial charge is 0.340 e. The second-order valence-corrected chi connectivity index (χ2v) is 5.60. The van der Waals surface area contributed by atoms with Crippen molar-refractivity contribution in [3.63, 3.8) is 0 Å². The standard InChI is InChI=1S/C14H27N3O/c1-14(18)17-12-10-16(11-13-17)9-5-8-15-6-3-2-4-7-15/h2-13H2,1H3. The van der Waals surface area contributed by atoms with Gasteiger partial charge < -0.3 is 9.80 Å². The predicted molar refractivity (Wildman–Crippen MR) is 73.6 cm³/mol. The van der Waals surface area contributed by atoms with Crippen LogP contribution in [0.15, 0.2) is 0 Å². The third kappa shape index (κ3) is 4.25. The van der Waals surface area contributed by atoms with Crippen LogP contribution in [-0.2, 0) is 4.79 Å². The van der Waals surface area contributed by atoms with Crippen molar-refractivity contribution in [2.24, 2.45) is 0 Å². The van der Waals surface area contributed by atoms with Crippen molar-refractivity contribution >= 4 is 5.91 Å². The number of nitrogens with zero attached hydrogens (tertiary/aromatic N) is 3. The molecule has 0 aliphatic carbocycles. The van der Waals surface area contributed by atoms with Gasteiger partial charge in [0, 0.05) is 33.1 Å². The van der Waals surface area contributed by atoms with E-state index in [4.69, 9.17) is 0 Å². The highest BCUT2D eigenvalue weighted by atomic mass is 16.2. The second kappa shape index (κ2) is 7.10. The van der Waals surface area contributed by atoms with Crippen molar-refractivity contribution in [1.82, 2.24) is 14.7 Å². The van der Waals surface area contributed by atoms with E-state index in [0.717, 1.165) is 26.2 Å². The van der Waals surface area contributed by atoms with Crippen molar-refractivity contribution in [3.05, 3.63) is 0 Å². The fraction of sp³-hybridized carbons (Fsp3) is 0.929. The molecule has 2 aliphatic heterocycles. The average molecular weight is 253 g/mol. The SMILES string of the molecule is CC(=O)N1CCN(CCCN2CCCCC2)CC1. The summed E-state index contributed by atoms with van der Waals surface area (Å²) in [5.41, 5.74) is 0. The van der Waals surface area contributed by atoms with Gasteiger partial charge in [-0.3, -0.25) is 9.69 Å². The lowest BCUT2D eigenvalue weighted by Gasteiger charge is -2.34. The van der Waals surface area contributed by atoms with E-state index in [9.17, 15) is 4.79 Å². The van der Waals surface area contributed by atoms with Gasteiger partial charge in [0.05, 0.1) is 0 Å². The predicted octanol–water partition coefficient (Wildman–Crippen LogP) is 1.03. The fourth-order valence-corrected chi connectivity index (χ4v) is 2.99. The van der Waals surface area contributed by atoms with Crippen LogP contribution in [0.25, 0.3) is 0 Å². The number of carbonyl (C=O) groups is 1. The van der Waals surface area contributed by atoms with Gasteiger partial charge in [0.25, 0.3) is 0 Å². The zero-order valence-corrected chi connectivity index (χ0v) is 11.7. The Labute approximate surface area is 111 Å². The molecule has 2 saturated heterocycles. The molecule has 0 aromatic rings. The number of rotatable bonds is 4. The van der Waals surface area contributed by atoms with Crippen molar-refractivity contribution in [2.75, 3.05) is 52.4 Å². The molecule has 0 atom stereocenters. The molecule has 0 N–H and O–H groups in total. The number of hydrogen-bond acceptors (Lipinski definition) is 3. The minimum atomic E-state index is 0.225. The zero-order chi connectivity index (χ0) is 12.8. The summed E-state index contributed by atoms with van der Waals surface area (Å²) in [7, 11) is 0. The smallest absolute Gasteiger partial charge is 0.219 e. The summed E-state index contributed by atoms with van der Waals surface area (Å²) in [4.78, 5) is 18.3. The first-order chi connectivity index (χ1) is 8.75. The maximum atomic E-state index is 11.2. The number of likely N-dealkylation sites (tertiary alicyclic amines) is 1. The van der Waals surface area contributed by atoms with Gasteiger partial charge in [-0.25, -0.2) is 0 Å². The average Bonchev–Trinajstić information content (AvgIpc) is 2.40. The van der Waals surface area contributed by atoms with Crippen LogP contribution in [0.1, 0.15) is 32.6 Å². The normalized spacial score (nSPS) is 23.3. The molecule has 0 bridgehead atoms. The van der Waals surface area contributed by atoms with E-state index in [-0.39, 0.29) is 5.91 Å². The molecular weight excluding hydrogens is 226 g/mol. The van der Waals surface area contributed by atoms with Gasteiger partial charge in [0.15, 0.2) is 0 Å². The van der Waals surface area contributed by atoms with Crippen molar-refractivity contribution in [2.45, 2.75) is 32.6 Å². The topological polar surface area (TPSA) is 26.8 Å². The molecule has 0 radical (unpaired) electrons. The molecule has 0 unspecified atom stereocenters. The third-order valence-corrected chi connectivity index (χ3v) is 4.21. The maximum absolute atomic E-state index is 11.2. The molecule has 0 saturated carbocycles. The van der Waals surface area contributed by atoms with Gasteiger partial charge in [0.2, 0.25) is 5.91 Å². The quantitative estimate of drug-likeness (QED) is 0.748. The lowest BCUT2D eigenvalue weighted by atomic mass is 10.1. The van der Waals surface area contributed by atoms with Gasteiger partial charge in [-0.2, -0.15) is 0 Å². The summed E-state index contributed by atoms with van der Waals surface area (Å²) in [6, 6.07) is 0. The molecular formula is C14H27N3O. The number of piperidine rings is 1. The maximum Gasteiger partial charge on any atom is 0.219 e. The van der Waals surface area contributed by atoms with Crippen molar-refractivity contribution in [1.29, 1.82) is 0 Å². The third-order valence-electron chi connectivity index (χ3n) is 4.21. The van der Waals surface area contributed by atoms with Crippen LogP contribution in [0, 0.1) is 0 Å². The molecule has 0 spiro atoms. The van der Waals surface area contributed by atoms with E-state index >= 15 is 0 Å². The van der Waals surface area contributed by atoms with Gasteiger partial charge in [-0.05, 0) is 45.4 Å². The Bertz CT molecular complexity index is 256. The molecule has 104 valence electrons. The minimum absolute atomic E-state index is 0.225. The van der Waals surface area contributed by atoms with E-state index in [1.54, 1.807) is 6.92 Å². The van der Waals surface area contributed by atoms with Crippen LogP contribution in [0.4, 0.5) is 0 Å². The lowest BCUT2D eigenvalue weighted by molar-refractivity contribution is -0.130. The van der Waals surface area contributed by atoms with Crippen LogP contribution in [0.5, 0.6) is 0 Å². The van der Waals surface area contributed by atoms with E-state index in [1.807, 2.05) is 4.90 Å². The number of hydrogen-bond donors (Lipinski definition) is 0. The Morgan fingerprint density at radius 3 is 1.94 bits per heavy atom. The highest BCUT2D eigenvalue weighted by Gasteiger charge is 2.18. The summed E-state index contributed by atoms with van der Waals surface area (Å²) in [5, 5.41) is 0. The lowest BCUT2D eigenvalue weighted by Crippen LogP contribution is -2.48. The highest BCUT2D eigenvalue weighted by Crippen LogP contribution is 2.09. The molecule has 2 heterocycles. The van der Waals surface area contributed by atoms with Gasteiger partial charge in [-0.15, -0.1) is 0 Å². The molecule has 1 amide bonds. The van der Waals surface area contributed by atoms with Crippen LogP contribution < -0.4 is 0 Å². The second-order valence-electron chi connectivity index (χ2n) is 5.60. The highest BCUT2D eigenvalue weighted by molar-refractivity contribution is 5.73. The van der Waals surface area contributed by atoms with Crippen LogP contribution in [0.2, 0.25) is 0 Å². The Morgan fingerprint density at radius 1 is 0.833 bits per heavy atom. The van der Waals surface area contributed by atoms with Gasteiger partial charge in [-0.1, -0.05) is 6.42 Å². The first-order valence-corrected chi connectivity index (χ1v) is 7.46. The number of piperazine rings is 1. The summed E-state index contributed by atoms with van der Waals surface area (Å²) in [6.07, 6.45) is 5.47. The molecule has 0 aromatic heterocycles. The molecule has 2 aliphatic rings. The Kier molecular flexibility index (Phi) is 5.45.